The number of hydrogen-bond acceptors (Lipinski definition) is 0. The fourth-order valence-electron chi connectivity index (χ4n) is 2.62. The molecule has 0 spiro atoms. The highest BCUT2D eigenvalue weighted by atomic mass is 79.9. The number of halogens is 2. The van der Waals surface area contributed by atoms with Crippen LogP contribution in [0.15, 0.2) is 28.7 Å². The Labute approximate surface area is 115 Å². The lowest BCUT2D eigenvalue weighted by Gasteiger charge is -2.31. The Morgan fingerprint density at radius 2 is 2.00 bits per heavy atom. The summed E-state index contributed by atoms with van der Waals surface area (Å²) in [5, 5.41) is 0. The molecule has 0 N–H and O–H groups in total. The number of hydrogen-bond donors (Lipinski definition) is 0. The zero-order valence-corrected chi connectivity index (χ0v) is 12.8. The van der Waals surface area contributed by atoms with Crippen molar-refractivity contribution in [2.45, 2.75) is 37.4 Å². The molecule has 1 aliphatic carbocycles. The molecule has 2 heteroatoms. The van der Waals surface area contributed by atoms with Crippen LogP contribution in [-0.4, -0.2) is 4.83 Å². The van der Waals surface area contributed by atoms with Gasteiger partial charge >= 0.3 is 0 Å². The second-order valence-electron chi connectivity index (χ2n) is 4.99. The Balaban J connectivity index is 2.06. The third-order valence-electron chi connectivity index (χ3n) is 3.59. The predicted octanol–water partition coefficient (Wildman–Crippen LogP) is 5.19. The minimum absolute atomic E-state index is 0.704. The lowest BCUT2D eigenvalue weighted by atomic mass is 9.79. The van der Waals surface area contributed by atoms with Crippen molar-refractivity contribution in [3.63, 3.8) is 0 Å². The molecule has 1 aliphatic rings. The molecule has 0 saturated heterocycles. The summed E-state index contributed by atoms with van der Waals surface area (Å²) in [5.74, 6) is 1.68. The Morgan fingerprint density at radius 1 is 1.25 bits per heavy atom. The first-order valence-corrected chi connectivity index (χ1v) is 7.75. The van der Waals surface area contributed by atoms with Gasteiger partial charge < -0.3 is 0 Å². The van der Waals surface area contributed by atoms with Crippen molar-refractivity contribution in [1.29, 1.82) is 0 Å². The number of alkyl halides is 1. The molecule has 2 rings (SSSR count). The minimum atomic E-state index is 0.704. The summed E-state index contributed by atoms with van der Waals surface area (Å²) >= 11 is 7.49. The van der Waals surface area contributed by atoms with Gasteiger partial charge in [0.05, 0.1) is 0 Å². The van der Waals surface area contributed by atoms with Crippen LogP contribution in [0.1, 0.15) is 31.7 Å². The summed E-state index contributed by atoms with van der Waals surface area (Å²) in [6, 6.07) is 8.60. The third-order valence-corrected chi connectivity index (χ3v) is 5.57. The van der Waals surface area contributed by atoms with Crippen molar-refractivity contribution in [3.05, 3.63) is 34.3 Å². The van der Waals surface area contributed by atoms with Crippen LogP contribution in [0.2, 0.25) is 0 Å². The van der Waals surface area contributed by atoms with Crippen LogP contribution in [0, 0.1) is 11.8 Å². The Hall–Kier alpha value is 0.180. The van der Waals surface area contributed by atoms with Gasteiger partial charge in [0.1, 0.15) is 0 Å². The molecule has 1 aromatic carbocycles. The van der Waals surface area contributed by atoms with E-state index < -0.39 is 0 Å². The van der Waals surface area contributed by atoms with E-state index >= 15 is 0 Å². The monoisotopic (exact) mass is 344 g/mol. The van der Waals surface area contributed by atoms with E-state index in [1.807, 2.05) is 0 Å². The zero-order chi connectivity index (χ0) is 11.5. The standard InChI is InChI=1S/C14H18Br2/c1-10-6-7-14(16)12(8-10)9-11-4-2-3-5-13(11)15/h2-5,10,12,14H,6-9H2,1H3. The number of benzene rings is 1. The van der Waals surface area contributed by atoms with Crippen molar-refractivity contribution in [3.8, 4) is 0 Å². The van der Waals surface area contributed by atoms with E-state index in [0.717, 1.165) is 11.8 Å². The average molecular weight is 346 g/mol. The molecule has 1 fully saturated rings. The van der Waals surface area contributed by atoms with Crippen LogP contribution in [0.4, 0.5) is 0 Å². The topological polar surface area (TPSA) is 0 Å². The molecule has 0 radical (unpaired) electrons. The molecule has 1 aromatic rings. The smallest absolute Gasteiger partial charge is 0.0207 e. The summed E-state index contributed by atoms with van der Waals surface area (Å²) in [6.07, 6.45) is 5.26. The number of rotatable bonds is 2. The summed E-state index contributed by atoms with van der Waals surface area (Å²) in [6.45, 7) is 2.38. The van der Waals surface area contributed by atoms with Crippen molar-refractivity contribution < 1.29 is 0 Å². The minimum Gasteiger partial charge on any atom is -0.0888 e. The summed E-state index contributed by atoms with van der Waals surface area (Å²) < 4.78 is 1.26. The molecular weight excluding hydrogens is 328 g/mol. The predicted molar refractivity (Wildman–Crippen MR) is 77.1 cm³/mol. The summed E-state index contributed by atoms with van der Waals surface area (Å²) in [7, 11) is 0. The molecule has 3 atom stereocenters. The quantitative estimate of drug-likeness (QED) is 0.647. The van der Waals surface area contributed by atoms with Crippen molar-refractivity contribution in [2.24, 2.45) is 11.8 Å². The molecule has 0 aliphatic heterocycles. The highest BCUT2D eigenvalue weighted by molar-refractivity contribution is 9.10. The van der Waals surface area contributed by atoms with Gasteiger partial charge in [-0.3, -0.25) is 0 Å². The van der Waals surface area contributed by atoms with E-state index in [4.69, 9.17) is 0 Å². The van der Waals surface area contributed by atoms with Gasteiger partial charge in [-0.15, -0.1) is 0 Å². The van der Waals surface area contributed by atoms with Crippen LogP contribution >= 0.6 is 31.9 Å². The van der Waals surface area contributed by atoms with Crippen LogP contribution in [0.5, 0.6) is 0 Å². The van der Waals surface area contributed by atoms with Gasteiger partial charge in [-0.2, -0.15) is 0 Å². The zero-order valence-electron chi connectivity index (χ0n) is 9.63. The Bertz CT molecular complexity index is 348. The van der Waals surface area contributed by atoms with Crippen molar-refractivity contribution in [2.75, 3.05) is 0 Å². The van der Waals surface area contributed by atoms with Crippen molar-refractivity contribution in [1.82, 2.24) is 0 Å². The molecule has 1 saturated carbocycles. The molecule has 16 heavy (non-hydrogen) atoms. The average Bonchev–Trinajstić information content (AvgIpc) is 2.27. The maximum absolute atomic E-state index is 3.85. The van der Waals surface area contributed by atoms with Crippen LogP contribution in [-0.2, 0) is 6.42 Å². The second-order valence-corrected chi connectivity index (χ2v) is 7.02. The van der Waals surface area contributed by atoms with Crippen molar-refractivity contribution >= 4 is 31.9 Å². The largest absolute Gasteiger partial charge is 0.0888 e. The normalized spacial score (nSPS) is 30.3. The van der Waals surface area contributed by atoms with Gasteiger partial charge in [0.2, 0.25) is 0 Å². The molecule has 0 aromatic heterocycles. The fourth-order valence-corrected chi connectivity index (χ4v) is 3.73. The van der Waals surface area contributed by atoms with Crippen LogP contribution in [0.25, 0.3) is 0 Å². The van der Waals surface area contributed by atoms with Gasteiger partial charge in [0, 0.05) is 9.30 Å². The van der Waals surface area contributed by atoms with E-state index in [9.17, 15) is 0 Å². The lowest BCUT2D eigenvalue weighted by molar-refractivity contribution is 0.294. The highest BCUT2D eigenvalue weighted by Crippen LogP contribution is 2.36. The SMILES string of the molecule is CC1CCC(Br)C(Cc2ccccc2Br)C1. The third kappa shape index (κ3) is 3.10. The Morgan fingerprint density at radius 3 is 2.75 bits per heavy atom. The summed E-state index contributed by atoms with van der Waals surface area (Å²) in [4.78, 5) is 0.704. The molecule has 88 valence electrons. The molecular formula is C14H18Br2. The van der Waals surface area contributed by atoms with Gasteiger partial charge in [-0.25, -0.2) is 0 Å². The second kappa shape index (κ2) is 5.68. The molecule has 0 amide bonds. The Kier molecular flexibility index (Phi) is 4.48. The highest BCUT2D eigenvalue weighted by Gasteiger charge is 2.27. The van der Waals surface area contributed by atoms with E-state index in [-0.39, 0.29) is 0 Å². The summed E-state index contributed by atoms with van der Waals surface area (Å²) in [5.41, 5.74) is 1.45. The van der Waals surface area contributed by atoms with Crippen LogP contribution < -0.4 is 0 Å². The van der Waals surface area contributed by atoms with E-state index in [1.54, 1.807) is 0 Å². The van der Waals surface area contributed by atoms with Gasteiger partial charge in [0.25, 0.3) is 0 Å². The molecule has 0 bridgehead atoms. The molecule has 3 unspecified atom stereocenters. The van der Waals surface area contributed by atoms with Gasteiger partial charge in [-0.1, -0.05) is 57.0 Å². The maximum atomic E-state index is 3.85. The van der Waals surface area contributed by atoms with E-state index in [2.05, 4.69) is 63.0 Å². The van der Waals surface area contributed by atoms with Crippen LogP contribution in [0.3, 0.4) is 0 Å². The van der Waals surface area contributed by atoms with Gasteiger partial charge in [0.15, 0.2) is 0 Å². The molecule has 0 heterocycles. The van der Waals surface area contributed by atoms with E-state index in [1.165, 1.54) is 35.7 Å². The lowest BCUT2D eigenvalue weighted by Crippen LogP contribution is -2.25. The maximum Gasteiger partial charge on any atom is 0.0207 e. The fraction of sp³-hybridized carbons (Fsp3) is 0.571. The van der Waals surface area contributed by atoms with Gasteiger partial charge in [-0.05, 0) is 49.1 Å². The first kappa shape index (κ1) is 12.6. The first-order chi connectivity index (χ1) is 7.66. The van der Waals surface area contributed by atoms with E-state index in [0.29, 0.717) is 4.83 Å². The molecule has 0 nitrogen and oxygen atoms in total. The first-order valence-electron chi connectivity index (χ1n) is 6.04.